The van der Waals surface area contributed by atoms with E-state index in [-0.39, 0.29) is 19.1 Å². The summed E-state index contributed by atoms with van der Waals surface area (Å²) in [6.45, 7) is 4.66. The molecule has 0 fully saturated rings. The second-order valence-corrected chi connectivity index (χ2v) is 20.7. The molecule has 0 aromatic rings. The summed E-state index contributed by atoms with van der Waals surface area (Å²) in [5, 5.41) is 13.8. The van der Waals surface area contributed by atoms with Crippen LogP contribution in [0.1, 0.15) is 258 Å². The molecule has 0 aliphatic rings. The van der Waals surface area contributed by atoms with Crippen LogP contribution in [0.2, 0.25) is 0 Å². The van der Waals surface area contributed by atoms with Crippen molar-refractivity contribution < 1.29 is 32.9 Å². The smallest absolute Gasteiger partial charge is 0.268 e. The number of carbonyl (C=O) groups excluding carboxylic acids is 1. The van der Waals surface area contributed by atoms with Gasteiger partial charge in [-0.3, -0.25) is 9.36 Å². The third-order valence-corrected chi connectivity index (χ3v) is 13.0. The molecule has 3 unspecified atom stereocenters. The Kier molecular flexibility index (Phi) is 42.9. The molecule has 0 aliphatic carbocycles. The molecule has 0 aromatic carbocycles. The van der Waals surface area contributed by atoms with Gasteiger partial charge in [0, 0.05) is 6.42 Å². The fourth-order valence-electron chi connectivity index (χ4n) is 7.86. The number of nitrogens with one attached hydrogen (secondary N) is 1. The Labute approximate surface area is 373 Å². The predicted molar refractivity (Wildman–Crippen MR) is 256 cm³/mol. The number of nitrogens with zero attached hydrogens (tertiary/aromatic N) is 1. The van der Waals surface area contributed by atoms with Crippen LogP contribution in [0, 0.1) is 0 Å². The predicted octanol–water partition coefficient (Wildman–Crippen LogP) is 14.5. The first-order chi connectivity index (χ1) is 29.0. The van der Waals surface area contributed by atoms with Crippen molar-refractivity contribution in [3.8, 4) is 0 Å². The Balaban J connectivity index is 4.12. The van der Waals surface area contributed by atoms with Gasteiger partial charge >= 0.3 is 0 Å². The Hall–Kier alpha value is -0.760. The first-order valence-corrected chi connectivity index (χ1v) is 27.5. The number of allylic oxidation sites excluding steroid dienone is 1. The highest BCUT2D eigenvalue weighted by molar-refractivity contribution is 7.45. The van der Waals surface area contributed by atoms with E-state index in [0.29, 0.717) is 17.4 Å². The number of hydrogen-bond donors (Lipinski definition) is 2. The first-order valence-electron chi connectivity index (χ1n) is 26.1. The summed E-state index contributed by atoms with van der Waals surface area (Å²) < 4.78 is 23.2. The second-order valence-electron chi connectivity index (χ2n) is 19.2. The zero-order chi connectivity index (χ0) is 44.3. The number of hydrogen-bond acceptors (Lipinski definition) is 6. The van der Waals surface area contributed by atoms with Crippen LogP contribution in [-0.4, -0.2) is 68.5 Å². The van der Waals surface area contributed by atoms with E-state index >= 15 is 0 Å². The van der Waals surface area contributed by atoms with Crippen LogP contribution in [0.15, 0.2) is 12.2 Å². The number of likely N-dealkylation sites (N-methyl/N-ethyl adjacent to an activating group) is 1. The number of phosphoric acid groups is 1. The summed E-state index contributed by atoms with van der Waals surface area (Å²) in [6.07, 6.45) is 51.4. The fourth-order valence-corrected chi connectivity index (χ4v) is 8.58. The van der Waals surface area contributed by atoms with Crippen molar-refractivity contribution in [3.63, 3.8) is 0 Å². The Morgan fingerprint density at radius 1 is 0.567 bits per heavy atom. The lowest BCUT2D eigenvalue weighted by Crippen LogP contribution is -2.45. The minimum absolute atomic E-state index is 0.00221. The van der Waals surface area contributed by atoms with Crippen LogP contribution < -0.4 is 10.2 Å². The summed E-state index contributed by atoms with van der Waals surface area (Å²) in [6, 6.07) is -0.880. The quantitative estimate of drug-likeness (QED) is 0.0273. The number of quaternary nitrogens is 1. The summed E-state index contributed by atoms with van der Waals surface area (Å²) >= 11 is 0. The molecule has 0 aromatic heterocycles. The van der Waals surface area contributed by atoms with Gasteiger partial charge < -0.3 is 28.8 Å². The number of carbonyl (C=O) groups is 1. The van der Waals surface area contributed by atoms with Gasteiger partial charge in [-0.15, -0.1) is 0 Å². The average molecular weight is 871 g/mol. The number of aliphatic hydroxyl groups is 1. The van der Waals surface area contributed by atoms with E-state index < -0.39 is 20.0 Å². The third kappa shape index (κ3) is 45.3. The van der Waals surface area contributed by atoms with Crippen LogP contribution in [0.5, 0.6) is 0 Å². The van der Waals surface area contributed by atoms with Crippen molar-refractivity contribution in [1.82, 2.24) is 5.32 Å². The summed E-state index contributed by atoms with van der Waals surface area (Å²) in [4.78, 5) is 25.3. The van der Waals surface area contributed by atoms with E-state index in [9.17, 15) is 19.4 Å². The molecule has 0 saturated carbocycles. The Morgan fingerprint density at radius 2 is 0.900 bits per heavy atom. The molecule has 0 aliphatic heterocycles. The molecule has 0 radical (unpaired) electrons. The molecular formula is C51H103N2O6P. The minimum Gasteiger partial charge on any atom is -0.756 e. The van der Waals surface area contributed by atoms with Crippen molar-refractivity contribution in [3.05, 3.63) is 12.2 Å². The molecular weight excluding hydrogens is 768 g/mol. The van der Waals surface area contributed by atoms with Crippen molar-refractivity contribution in [2.24, 2.45) is 0 Å². The van der Waals surface area contributed by atoms with Gasteiger partial charge in [0.15, 0.2) is 0 Å². The van der Waals surface area contributed by atoms with Crippen LogP contribution in [-0.2, 0) is 18.4 Å². The lowest BCUT2D eigenvalue weighted by molar-refractivity contribution is -0.870. The molecule has 9 heteroatoms. The average Bonchev–Trinajstić information content (AvgIpc) is 3.20. The lowest BCUT2D eigenvalue weighted by atomic mass is 10.0. The lowest BCUT2D eigenvalue weighted by Gasteiger charge is -2.29. The van der Waals surface area contributed by atoms with E-state index in [2.05, 4.69) is 19.2 Å². The van der Waals surface area contributed by atoms with Crippen LogP contribution in [0.25, 0.3) is 0 Å². The van der Waals surface area contributed by atoms with Crippen LogP contribution >= 0.6 is 7.82 Å². The van der Waals surface area contributed by atoms with Gasteiger partial charge in [-0.05, 0) is 19.3 Å². The maximum atomic E-state index is 12.8. The van der Waals surface area contributed by atoms with Crippen molar-refractivity contribution in [2.75, 3.05) is 40.9 Å². The number of phosphoric ester groups is 1. The number of amides is 1. The van der Waals surface area contributed by atoms with E-state index in [0.717, 1.165) is 38.5 Å². The Bertz CT molecular complexity index is 989. The van der Waals surface area contributed by atoms with Crippen molar-refractivity contribution >= 4 is 13.7 Å². The zero-order valence-corrected chi connectivity index (χ0v) is 41.6. The number of unbranched alkanes of at least 4 members (excludes halogenated alkanes) is 35. The van der Waals surface area contributed by atoms with Crippen LogP contribution in [0.4, 0.5) is 0 Å². The van der Waals surface area contributed by atoms with Gasteiger partial charge in [-0.1, -0.05) is 244 Å². The summed E-state index contributed by atoms with van der Waals surface area (Å²) in [5.41, 5.74) is 0. The fraction of sp³-hybridized carbons (Fsp3) is 0.941. The highest BCUT2D eigenvalue weighted by Gasteiger charge is 2.23. The zero-order valence-electron chi connectivity index (χ0n) is 40.7. The molecule has 0 heterocycles. The largest absolute Gasteiger partial charge is 0.756 e. The molecule has 3 atom stereocenters. The van der Waals surface area contributed by atoms with Gasteiger partial charge in [0.05, 0.1) is 39.9 Å². The molecule has 0 bridgehead atoms. The molecule has 1 amide bonds. The number of rotatable bonds is 48. The SMILES string of the molecule is CCCCCCCCCCCCCCCCCCCCCCCCCCC/C=C/C(O)C(COP(=O)([O-])OCC[N+](C)(C)C)NC(=O)CCCCCCCCCCCCC. The van der Waals surface area contributed by atoms with Crippen molar-refractivity contribution in [1.29, 1.82) is 0 Å². The topological polar surface area (TPSA) is 108 Å². The molecule has 0 saturated heterocycles. The van der Waals surface area contributed by atoms with E-state index in [1.165, 1.54) is 199 Å². The molecule has 60 heavy (non-hydrogen) atoms. The van der Waals surface area contributed by atoms with Gasteiger partial charge in [0.25, 0.3) is 7.82 Å². The Morgan fingerprint density at radius 3 is 1.25 bits per heavy atom. The highest BCUT2D eigenvalue weighted by atomic mass is 31.2. The molecule has 2 N–H and O–H groups in total. The van der Waals surface area contributed by atoms with Gasteiger partial charge in [0.2, 0.25) is 5.91 Å². The first kappa shape index (κ1) is 59.2. The van der Waals surface area contributed by atoms with E-state index in [1.54, 1.807) is 6.08 Å². The monoisotopic (exact) mass is 871 g/mol. The van der Waals surface area contributed by atoms with Gasteiger partial charge in [0.1, 0.15) is 13.2 Å². The van der Waals surface area contributed by atoms with Crippen molar-refractivity contribution in [2.45, 2.75) is 270 Å². The van der Waals surface area contributed by atoms with Gasteiger partial charge in [-0.2, -0.15) is 0 Å². The highest BCUT2D eigenvalue weighted by Crippen LogP contribution is 2.38. The maximum absolute atomic E-state index is 12.8. The van der Waals surface area contributed by atoms with E-state index in [1.807, 2.05) is 27.2 Å². The van der Waals surface area contributed by atoms with Crippen LogP contribution in [0.3, 0.4) is 0 Å². The summed E-state index contributed by atoms with van der Waals surface area (Å²) in [7, 11) is 1.27. The maximum Gasteiger partial charge on any atom is 0.268 e. The molecule has 358 valence electrons. The van der Waals surface area contributed by atoms with E-state index in [4.69, 9.17) is 9.05 Å². The second kappa shape index (κ2) is 43.5. The summed E-state index contributed by atoms with van der Waals surface area (Å²) in [5.74, 6) is -0.195. The third-order valence-electron chi connectivity index (χ3n) is 12.0. The molecule has 0 spiro atoms. The van der Waals surface area contributed by atoms with Gasteiger partial charge in [-0.25, -0.2) is 0 Å². The number of aliphatic hydroxyl groups excluding tert-OH is 1. The normalized spacial score (nSPS) is 14.2. The molecule has 8 nitrogen and oxygen atoms in total. The molecule has 0 rings (SSSR count). The minimum atomic E-state index is -4.58. The standard InChI is InChI=1S/C51H103N2O6P/c1-6-8-10-12-14-16-18-19-20-21-22-23-24-25-26-27-28-29-30-31-32-33-35-36-38-40-42-44-50(54)49(48-59-60(56,57)58-47-46-53(3,4)5)52-51(55)45-43-41-39-37-34-17-15-13-11-9-7-2/h42,44,49-50,54H,6-41,43,45-48H2,1-5H3,(H-,52,55,56,57)/b44-42+.